The SMILES string of the molecule is CCCCCCCCCCCCCCNCCCCNCCCCNCCCCNCCCCNCCCCNCCCCNCC(=O)O. The molecular weight excluding hydrogens is 610 g/mol. The first kappa shape index (κ1) is 48.2. The normalized spacial score (nSPS) is 11.5. The van der Waals surface area contributed by atoms with Gasteiger partial charge in [0.25, 0.3) is 0 Å². The van der Waals surface area contributed by atoms with Gasteiger partial charge in [0, 0.05) is 0 Å². The molecule has 0 atom stereocenters. The van der Waals surface area contributed by atoms with Crippen molar-refractivity contribution < 1.29 is 9.90 Å². The van der Waals surface area contributed by atoms with E-state index in [9.17, 15) is 4.79 Å². The maximum absolute atomic E-state index is 10.4. The Labute approximate surface area is 305 Å². The Morgan fingerprint density at radius 2 is 0.490 bits per heavy atom. The number of carboxylic acids is 1. The van der Waals surface area contributed by atoms with Crippen LogP contribution in [0.15, 0.2) is 0 Å². The molecule has 0 amide bonds. The fourth-order valence-electron chi connectivity index (χ4n) is 6.04. The minimum Gasteiger partial charge on any atom is -0.480 e. The van der Waals surface area contributed by atoms with Gasteiger partial charge in [0.2, 0.25) is 0 Å². The molecule has 0 aliphatic heterocycles. The summed E-state index contributed by atoms with van der Waals surface area (Å²) < 4.78 is 0. The van der Waals surface area contributed by atoms with E-state index in [2.05, 4.69) is 44.1 Å². The monoisotopic (exact) mass is 698 g/mol. The van der Waals surface area contributed by atoms with E-state index in [1.165, 1.54) is 154 Å². The predicted octanol–water partition coefficient (Wildman–Crippen LogP) is 6.58. The number of hydrogen-bond donors (Lipinski definition) is 8. The van der Waals surface area contributed by atoms with Crippen molar-refractivity contribution in [3.05, 3.63) is 0 Å². The van der Waals surface area contributed by atoms with E-state index in [4.69, 9.17) is 5.11 Å². The number of rotatable bonds is 45. The predicted molar refractivity (Wildman–Crippen MR) is 214 cm³/mol. The first-order chi connectivity index (χ1) is 24.3. The summed E-state index contributed by atoms with van der Waals surface area (Å²) >= 11 is 0. The van der Waals surface area contributed by atoms with Crippen LogP contribution in [0, 0.1) is 0 Å². The summed E-state index contributed by atoms with van der Waals surface area (Å²) in [5, 5.41) is 33.0. The highest BCUT2D eigenvalue weighted by Gasteiger charge is 1.97. The zero-order valence-electron chi connectivity index (χ0n) is 32.7. The molecule has 0 fully saturated rings. The molecule has 9 nitrogen and oxygen atoms in total. The molecule has 294 valence electrons. The van der Waals surface area contributed by atoms with Crippen LogP contribution in [0.4, 0.5) is 0 Å². The standard InChI is InChI=1S/C40H87N7O2/c1-2-3-4-5-6-7-8-9-10-11-12-13-26-41-27-14-15-28-42-29-16-17-30-43-31-18-19-32-44-33-20-21-34-45-35-22-23-36-46-37-24-25-38-47-39-40(48)49/h41-47H,2-39H2,1H3,(H,48,49). The fourth-order valence-corrected chi connectivity index (χ4v) is 6.04. The largest absolute Gasteiger partial charge is 0.480 e. The van der Waals surface area contributed by atoms with Gasteiger partial charge in [-0.15, -0.1) is 0 Å². The molecule has 8 N–H and O–H groups in total. The summed E-state index contributed by atoms with van der Waals surface area (Å²) in [5.41, 5.74) is 0. The first-order valence-electron chi connectivity index (χ1n) is 21.4. The maximum atomic E-state index is 10.4. The molecule has 0 radical (unpaired) electrons. The Bertz CT molecular complexity index is 615. The van der Waals surface area contributed by atoms with Gasteiger partial charge in [0.1, 0.15) is 0 Å². The molecular formula is C40H87N7O2. The van der Waals surface area contributed by atoms with E-state index in [0.717, 1.165) is 84.8 Å². The lowest BCUT2D eigenvalue weighted by molar-refractivity contribution is -0.135. The summed E-state index contributed by atoms with van der Waals surface area (Å²) in [6.45, 7) is 16.7. The average molecular weight is 698 g/mol. The number of hydrogen-bond acceptors (Lipinski definition) is 8. The van der Waals surface area contributed by atoms with Crippen molar-refractivity contribution in [2.75, 3.05) is 91.6 Å². The third kappa shape index (κ3) is 47.2. The van der Waals surface area contributed by atoms with Crippen molar-refractivity contribution in [3.8, 4) is 0 Å². The fraction of sp³-hybridized carbons (Fsp3) is 0.975. The molecule has 0 heterocycles. The van der Waals surface area contributed by atoms with Crippen molar-refractivity contribution in [2.45, 2.75) is 161 Å². The Kier molecular flexibility index (Phi) is 44.5. The van der Waals surface area contributed by atoms with Gasteiger partial charge in [-0.3, -0.25) is 4.79 Å². The lowest BCUT2D eigenvalue weighted by Gasteiger charge is -2.08. The second kappa shape index (κ2) is 45.2. The quantitative estimate of drug-likeness (QED) is 0.0334. The second-order valence-electron chi connectivity index (χ2n) is 14.2. The van der Waals surface area contributed by atoms with E-state index in [-0.39, 0.29) is 6.54 Å². The lowest BCUT2D eigenvalue weighted by atomic mass is 10.1. The molecule has 0 unspecified atom stereocenters. The van der Waals surface area contributed by atoms with Crippen LogP contribution in [0.25, 0.3) is 0 Å². The van der Waals surface area contributed by atoms with Crippen molar-refractivity contribution in [1.82, 2.24) is 37.2 Å². The van der Waals surface area contributed by atoms with Crippen molar-refractivity contribution >= 4 is 5.97 Å². The third-order valence-corrected chi connectivity index (χ3v) is 9.23. The summed E-state index contributed by atoms with van der Waals surface area (Å²) in [6, 6.07) is 0. The van der Waals surface area contributed by atoms with Gasteiger partial charge >= 0.3 is 5.97 Å². The van der Waals surface area contributed by atoms with Crippen LogP contribution in [0.3, 0.4) is 0 Å². The van der Waals surface area contributed by atoms with Crippen LogP contribution in [0.1, 0.15) is 161 Å². The molecule has 0 saturated carbocycles. The van der Waals surface area contributed by atoms with Crippen molar-refractivity contribution in [3.63, 3.8) is 0 Å². The van der Waals surface area contributed by atoms with Gasteiger partial charge in [-0.1, -0.05) is 77.6 Å². The Hall–Kier alpha value is -0.810. The smallest absolute Gasteiger partial charge is 0.317 e. The van der Waals surface area contributed by atoms with E-state index in [1.54, 1.807) is 0 Å². The number of nitrogens with one attached hydrogen (secondary N) is 7. The number of carboxylic acid groups (broad SMARTS) is 1. The molecule has 0 aromatic heterocycles. The van der Waals surface area contributed by atoms with Crippen molar-refractivity contribution in [2.24, 2.45) is 0 Å². The van der Waals surface area contributed by atoms with Crippen LogP contribution in [-0.4, -0.2) is 103 Å². The molecule has 0 spiro atoms. The third-order valence-electron chi connectivity index (χ3n) is 9.23. The molecule has 0 rings (SSSR count). The summed E-state index contributed by atoms with van der Waals surface area (Å²) in [5.74, 6) is -0.786. The van der Waals surface area contributed by atoms with Gasteiger partial charge in [0.05, 0.1) is 6.54 Å². The molecule has 0 aromatic rings. The van der Waals surface area contributed by atoms with Crippen LogP contribution in [0.2, 0.25) is 0 Å². The molecule has 0 saturated heterocycles. The summed E-state index contributed by atoms with van der Waals surface area (Å²) in [4.78, 5) is 10.4. The summed E-state index contributed by atoms with van der Waals surface area (Å²) in [6.07, 6.45) is 31.8. The molecule has 49 heavy (non-hydrogen) atoms. The van der Waals surface area contributed by atoms with E-state index >= 15 is 0 Å². The number of carbonyl (C=O) groups is 1. The summed E-state index contributed by atoms with van der Waals surface area (Å²) in [7, 11) is 0. The van der Waals surface area contributed by atoms with E-state index < -0.39 is 5.97 Å². The zero-order valence-corrected chi connectivity index (χ0v) is 32.7. The zero-order chi connectivity index (χ0) is 35.4. The lowest BCUT2D eigenvalue weighted by Crippen LogP contribution is -2.25. The van der Waals surface area contributed by atoms with Gasteiger partial charge in [0.15, 0.2) is 0 Å². The average Bonchev–Trinajstić information content (AvgIpc) is 3.10. The number of unbranched alkanes of at least 4 members (excludes halogenated alkanes) is 17. The number of aliphatic carboxylic acids is 1. The van der Waals surface area contributed by atoms with Crippen LogP contribution in [-0.2, 0) is 4.79 Å². The van der Waals surface area contributed by atoms with Gasteiger partial charge in [-0.25, -0.2) is 0 Å². The molecule has 0 aromatic carbocycles. The van der Waals surface area contributed by atoms with Crippen LogP contribution < -0.4 is 37.2 Å². The van der Waals surface area contributed by atoms with E-state index in [1.807, 2.05) is 0 Å². The highest BCUT2D eigenvalue weighted by molar-refractivity contribution is 5.68. The van der Waals surface area contributed by atoms with E-state index in [0.29, 0.717) is 0 Å². The van der Waals surface area contributed by atoms with Gasteiger partial charge in [-0.2, -0.15) is 0 Å². The minimum atomic E-state index is -0.786. The highest BCUT2D eigenvalue weighted by Crippen LogP contribution is 2.11. The Balaban J connectivity index is 3.05. The van der Waals surface area contributed by atoms with Gasteiger partial charge in [-0.05, 0) is 169 Å². The van der Waals surface area contributed by atoms with Crippen molar-refractivity contribution in [1.29, 1.82) is 0 Å². The molecule has 9 heteroatoms. The second-order valence-corrected chi connectivity index (χ2v) is 14.2. The maximum Gasteiger partial charge on any atom is 0.317 e. The van der Waals surface area contributed by atoms with Gasteiger partial charge < -0.3 is 42.3 Å². The van der Waals surface area contributed by atoms with Crippen LogP contribution >= 0.6 is 0 Å². The Morgan fingerprint density at radius 3 is 0.714 bits per heavy atom. The topological polar surface area (TPSA) is 122 Å². The molecule has 0 bridgehead atoms. The minimum absolute atomic E-state index is 0.0618. The molecule has 0 aliphatic rings. The van der Waals surface area contributed by atoms with Crippen LogP contribution in [0.5, 0.6) is 0 Å². The molecule has 0 aliphatic carbocycles. The Morgan fingerprint density at radius 1 is 0.306 bits per heavy atom. The highest BCUT2D eigenvalue weighted by atomic mass is 16.4. The first-order valence-corrected chi connectivity index (χ1v) is 21.4.